The van der Waals surface area contributed by atoms with Crippen LogP contribution in [0, 0.1) is 18.6 Å². The molecule has 3 aromatic rings. The largest absolute Gasteiger partial charge is 0.469 e. The van der Waals surface area contributed by atoms with Crippen molar-refractivity contribution in [3.8, 4) is 17.1 Å². The monoisotopic (exact) mass is 508 g/mol. The van der Waals surface area contributed by atoms with Gasteiger partial charge >= 0.3 is 6.18 Å². The first-order valence-corrected chi connectivity index (χ1v) is 11.4. The quantitative estimate of drug-likeness (QED) is 0.358. The number of nitrogens with zero attached hydrogens (tertiary/aromatic N) is 4. The number of hydrogen-bond acceptors (Lipinski definition) is 8. The van der Waals surface area contributed by atoms with Gasteiger partial charge in [0, 0.05) is 24.2 Å². The summed E-state index contributed by atoms with van der Waals surface area (Å²) in [6, 6.07) is 0.459. The fourth-order valence-electron chi connectivity index (χ4n) is 5.80. The third-order valence-electron chi connectivity index (χ3n) is 7.30. The van der Waals surface area contributed by atoms with Crippen LogP contribution in [0.1, 0.15) is 24.0 Å². The maximum Gasteiger partial charge on any atom is 0.417 e. The van der Waals surface area contributed by atoms with Crippen LogP contribution in [0.5, 0.6) is 5.88 Å². The number of benzene rings is 1. The first-order valence-electron chi connectivity index (χ1n) is 11.4. The van der Waals surface area contributed by atoms with Crippen LogP contribution in [0.15, 0.2) is 12.4 Å². The summed E-state index contributed by atoms with van der Waals surface area (Å²) >= 11 is 0. The number of piperazine rings is 1. The molecule has 36 heavy (non-hydrogen) atoms. The molecule has 0 amide bonds. The fourth-order valence-corrected chi connectivity index (χ4v) is 5.80. The number of aromatic nitrogens is 3. The Hall–Kier alpha value is -3.32. The molecule has 3 aliphatic rings. The van der Waals surface area contributed by atoms with Gasteiger partial charge in [0.15, 0.2) is 5.82 Å². The predicted molar refractivity (Wildman–Crippen MR) is 119 cm³/mol. The molecule has 2 saturated heterocycles. The van der Waals surface area contributed by atoms with Gasteiger partial charge < -0.3 is 25.8 Å². The van der Waals surface area contributed by atoms with Gasteiger partial charge in [0.25, 0.3) is 0 Å². The molecule has 0 radical (unpaired) electrons. The number of alkyl halides is 3. The lowest BCUT2D eigenvalue weighted by Gasteiger charge is -2.43. The maximum absolute atomic E-state index is 15.9. The van der Waals surface area contributed by atoms with E-state index in [4.69, 9.17) is 10.5 Å². The molecule has 0 spiro atoms. The van der Waals surface area contributed by atoms with Gasteiger partial charge in [0.05, 0.1) is 23.9 Å². The summed E-state index contributed by atoms with van der Waals surface area (Å²) < 4.78 is 78.4. The van der Waals surface area contributed by atoms with E-state index >= 15 is 4.39 Å². The van der Waals surface area contributed by atoms with Gasteiger partial charge in [-0.25, -0.2) is 23.7 Å². The van der Waals surface area contributed by atoms with Gasteiger partial charge in [-0.1, -0.05) is 0 Å². The van der Waals surface area contributed by atoms with E-state index in [0.717, 1.165) is 26.1 Å². The van der Waals surface area contributed by atoms with E-state index in [1.54, 1.807) is 0 Å². The molecule has 2 bridgehead atoms. The molecule has 2 aromatic heterocycles. The standard InChI is InChI=1S/C23H21F5N6O2/c1-8-15(23(26,27)28)10(4-11(29)16(8)24)18-17(25)19-14-21(31-7-30-19)34-5-9-2-3-12(32-9)20(34)13(6-35)36-22(14)33-18/h4,7,9,12-13,20,32,35H,2-3,5-6,29H2,1H3/t9-,12+,13?,20+/m1/s1. The molecule has 6 rings (SSSR count). The molecular formula is C23H21F5N6O2. The number of ether oxygens (including phenoxy) is 1. The van der Waals surface area contributed by atoms with Gasteiger partial charge in [-0.15, -0.1) is 0 Å². The van der Waals surface area contributed by atoms with Crippen LogP contribution in [0.4, 0.5) is 33.5 Å². The van der Waals surface area contributed by atoms with E-state index in [9.17, 15) is 22.7 Å². The summed E-state index contributed by atoms with van der Waals surface area (Å²) in [5, 5.41) is 13.8. The SMILES string of the molecule is Cc1c(F)c(N)cc(-c2nc3c4c(ncnc4c2F)N2C[C@H]4CC[C@H](N4)[C@H]2C(CO)O3)c1C(F)(F)F. The lowest BCUT2D eigenvalue weighted by molar-refractivity contribution is -0.137. The van der Waals surface area contributed by atoms with Crippen molar-refractivity contribution in [2.24, 2.45) is 0 Å². The number of nitrogens with one attached hydrogen (secondary N) is 1. The average molecular weight is 508 g/mol. The van der Waals surface area contributed by atoms with Crippen molar-refractivity contribution in [3.63, 3.8) is 0 Å². The minimum Gasteiger partial charge on any atom is -0.469 e. The molecule has 1 aromatic carbocycles. The minimum absolute atomic E-state index is 0.0408. The fraction of sp³-hybridized carbons (Fsp3) is 0.435. The Labute approximate surface area is 201 Å². The van der Waals surface area contributed by atoms with E-state index in [0.29, 0.717) is 18.4 Å². The Morgan fingerprint density at radius 1 is 1.22 bits per heavy atom. The van der Waals surface area contributed by atoms with Gasteiger partial charge in [0.2, 0.25) is 5.88 Å². The van der Waals surface area contributed by atoms with Crippen LogP contribution < -0.4 is 20.7 Å². The van der Waals surface area contributed by atoms with Crippen LogP contribution in [-0.2, 0) is 6.18 Å². The van der Waals surface area contributed by atoms with E-state index in [2.05, 4.69) is 20.3 Å². The molecule has 5 heterocycles. The summed E-state index contributed by atoms with van der Waals surface area (Å²) in [5.74, 6) is -2.27. The lowest BCUT2D eigenvalue weighted by Crippen LogP contribution is -2.63. The van der Waals surface area contributed by atoms with Crippen LogP contribution in [0.2, 0.25) is 0 Å². The van der Waals surface area contributed by atoms with Crippen LogP contribution in [-0.4, -0.2) is 57.4 Å². The van der Waals surface area contributed by atoms with Crippen molar-refractivity contribution in [2.45, 2.75) is 50.2 Å². The molecule has 3 aliphatic heterocycles. The third kappa shape index (κ3) is 3.22. The number of nitrogens with two attached hydrogens (primary N) is 1. The van der Waals surface area contributed by atoms with E-state index in [-0.39, 0.29) is 34.9 Å². The Bertz CT molecular complexity index is 1400. The maximum atomic E-state index is 15.9. The molecule has 1 unspecified atom stereocenters. The molecule has 8 nitrogen and oxygen atoms in total. The molecule has 190 valence electrons. The highest BCUT2D eigenvalue weighted by Gasteiger charge is 2.48. The summed E-state index contributed by atoms with van der Waals surface area (Å²) in [6.45, 7) is 1.02. The van der Waals surface area contributed by atoms with Crippen molar-refractivity contribution in [1.82, 2.24) is 20.3 Å². The van der Waals surface area contributed by atoms with Crippen LogP contribution in [0.3, 0.4) is 0 Å². The molecule has 0 aliphatic carbocycles. The van der Waals surface area contributed by atoms with Crippen molar-refractivity contribution in [2.75, 3.05) is 23.8 Å². The minimum atomic E-state index is -5.03. The van der Waals surface area contributed by atoms with Gasteiger partial charge in [0.1, 0.15) is 40.7 Å². The van der Waals surface area contributed by atoms with E-state index in [1.165, 1.54) is 0 Å². The highest BCUT2D eigenvalue weighted by atomic mass is 19.4. The number of anilines is 2. The molecule has 4 N–H and O–H groups in total. The topological polar surface area (TPSA) is 109 Å². The number of aliphatic hydroxyl groups is 1. The lowest BCUT2D eigenvalue weighted by atomic mass is 9.96. The van der Waals surface area contributed by atoms with Crippen molar-refractivity contribution < 1.29 is 31.8 Å². The van der Waals surface area contributed by atoms with Crippen molar-refractivity contribution >= 4 is 22.4 Å². The summed E-state index contributed by atoms with van der Waals surface area (Å²) in [7, 11) is 0. The second kappa shape index (κ2) is 7.84. The summed E-state index contributed by atoms with van der Waals surface area (Å²) in [4.78, 5) is 14.5. The zero-order valence-electron chi connectivity index (χ0n) is 18.9. The highest BCUT2D eigenvalue weighted by molar-refractivity contribution is 5.97. The number of aliphatic hydroxyl groups excluding tert-OH is 1. The average Bonchev–Trinajstić information content (AvgIpc) is 3.15. The summed E-state index contributed by atoms with van der Waals surface area (Å²) in [5.41, 5.74) is 1.11. The highest BCUT2D eigenvalue weighted by Crippen LogP contribution is 2.46. The Balaban J connectivity index is 1.64. The first-order chi connectivity index (χ1) is 17.1. The molecule has 4 atom stereocenters. The van der Waals surface area contributed by atoms with Crippen LogP contribution >= 0.6 is 0 Å². The zero-order valence-corrected chi connectivity index (χ0v) is 18.9. The number of rotatable bonds is 2. The number of pyridine rings is 1. The second-order valence-electron chi connectivity index (χ2n) is 9.35. The Kier molecular flexibility index (Phi) is 5.03. The van der Waals surface area contributed by atoms with E-state index in [1.807, 2.05) is 4.90 Å². The molecule has 13 heteroatoms. The number of halogens is 5. The zero-order chi connectivity index (χ0) is 25.5. The second-order valence-corrected chi connectivity index (χ2v) is 9.35. The third-order valence-corrected chi connectivity index (χ3v) is 7.30. The van der Waals surface area contributed by atoms with Crippen molar-refractivity contribution in [3.05, 3.63) is 35.2 Å². The summed E-state index contributed by atoms with van der Waals surface area (Å²) in [6.07, 6.45) is -2.99. The van der Waals surface area contributed by atoms with Gasteiger partial charge in [-0.05, 0) is 31.4 Å². The molecule has 2 fully saturated rings. The normalized spacial score (nSPS) is 25.0. The Morgan fingerprint density at radius 3 is 2.72 bits per heavy atom. The first kappa shape index (κ1) is 23.1. The molecule has 0 saturated carbocycles. The number of fused-ring (bicyclic) bond motifs is 5. The van der Waals surface area contributed by atoms with Gasteiger partial charge in [-0.2, -0.15) is 13.2 Å². The number of hydrogen-bond donors (Lipinski definition) is 3. The molecular weight excluding hydrogens is 487 g/mol. The Morgan fingerprint density at radius 2 is 2.00 bits per heavy atom. The van der Waals surface area contributed by atoms with Crippen LogP contribution in [0.25, 0.3) is 22.2 Å². The van der Waals surface area contributed by atoms with Gasteiger partial charge in [-0.3, -0.25) is 0 Å². The van der Waals surface area contributed by atoms with E-state index < -0.39 is 58.6 Å². The smallest absolute Gasteiger partial charge is 0.417 e. The number of nitrogen functional groups attached to an aromatic ring is 1. The predicted octanol–water partition coefficient (Wildman–Crippen LogP) is 2.94. The van der Waals surface area contributed by atoms with Crippen molar-refractivity contribution in [1.29, 1.82) is 0 Å².